The molecule has 2 aromatic carbocycles. The summed E-state index contributed by atoms with van der Waals surface area (Å²) in [5.74, 6) is -0.435. The summed E-state index contributed by atoms with van der Waals surface area (Å²) in [6, 6.07) is 10.7. The zero-order valence-corrected chi connectivity index (χ0v) is 18.2. The van der Waals surface area contributed by atoms with Crippen molar-refractivity contribution in [1.82, 2.24) is 24.9 Å². The molecule has 12 heteroatoms. The van der Waals surface area contributed by atoms with Crippen molar-refractivity contribution >= 4 is 44.8 Å². The summed E-state index contributed by atoms with van der Waals surface area (Å²) in [6.45, 7) is 0.624. The number of hydrogen-bond donors (Lipinski definition) is 6. The van der Waals surface area contributed by atoms with E-state index < -0.39 is 16.6 Å². The van der Waals surface area contributed by atoms with Crippen LogP contribution in [-0.4, -0.2) is 47.5 Å². The smallest absolute Gasteiger partial charge is 0.229 e. The summed E-state index contributed by atoms with van der Waals surface area (Å²) < 4.78 is 37.9. The van der Waals surface area contributed by atoms with Gasteiger partial charge >= 0.3 is 0 Å². The number of aliphatic hydroxyl groups is 1. The number of aliphatic hydroxyl groups excluding tert-OH is 1. The Morgan fingerprint density at radius 2 is 2.06 bits per heavy atom. The fourth-order valence-corrected chi connectivity index (χ4v) is 5.10. The van der Waals surface area contributed by atoms with Gasteiger partial charge in [0.05, 0.1) is 28.5 Å². The van der Waals surface area contributed by atoms with Crippen LogP contribution in [0.5, 0.6) is 0 Å². The molecule has 172 valence electrons. The van der Waals surface area contributed by atoms with Crippen LogP contribution in [0.15, 0.2) is 53.7 Å². The first kappa shape index (κ1) is 21.6. The molecular formula is C21H22FN7O3S. The van der Waals surface area contributed by atoms with Gasteiger partial charge in [0.15, 0.2) is 11.6 Å². The molecule has 4 aromatic rings. The standard InChI is InChI=1S/C21H22FN7O3S/c22-16-12-23-21(26-14-6-5-13-10-25-33(31,32)19(13)9-14)27-20(16)29(7-2-8-30)18-4-1-3-17-15(18)11-24-28-17/h1,3-6,9,11-12,25,30-32H,2,7-8,10H2,(H,24,28)(H,23,26,27). The molecule has 5 rings (SSSR count). The van der Waals surface area contributed by atoms with Gasteiger partial charge in [-0.2, -0.15) is 10.1 Å². The van der Waals surface area contributed by atoms with Gasteiger partial charge in [-0.1, -0.05) is 12.1 Å². The first-order chi connectivity index (χ1) is 16.0. The van der Waals surface area contributed by atoms with E-state index in [0.717, 1.165) is 22.7 Å². The Kier molecular flexibility index (Phi) is 5.60. The van der Waals surface area contributed by atoms with Crippen LogP contribution < -0.4 is 14.9 Å². The summed E-state index contributed by atoms with van der Waals surface area (Å²) in [5.41, 5.74) is 2.81. The molecule has 0 spiro atoms. The molecule has 1 aliphatic rings. The molecule has 6 N–H and O–H groups in total. The lowest BCUT2D eigenvalue weighted by molar-refractivity contribution is 0.290. The molecule has 0 amide bonds. The van der Waals surface area contributed by atoms with Crippen molar-refractivity contribution in [2.75, 3.05) is 23.4 Å². The Bertz CT molecular complexity index is 1320. The second-order valence-corrected chi connectivity index (χ2v) is 9.35. The van der Waals surface area contributed by atoms with Crippen molar-refractivity contribution in [2.45, 2.75) is 17.9 Å². The normalized spacial score (nSPS) is 15.4. The Balaban J connectivity index is 1.51. The highest BCUT2D eigenvalue weighted by Crippen LogP contribution is 2.51. The summed E-state index contributed by atoms with van der Waals surface area (Å²) in [4.78, 5) is 10.5. The van der Waals surface area contributed by atoms with Crippen LogP contribution in [0.25, 0.3) is 10.9 Å². The number of nitrogens with zero attached hydrogens (tertiary/aromatic N) is 4. The largest absolute Gasteiger partial charge is 0.396 e. The maximum absolute atomic E-state index is 14.9. The van der Waals surface area contributed by atoms with Gasteiger partial charge in [0.1, 0.15) is 0 Å². The molecule has 0 fully saturated rings. The van der Waals surface area contributed by atoms with Crippen LogP contribution in [0, 0.1) is 5.82 Å². The highest BCUT2D eigenvalue weighted by molar-refractivity contribution is 8.22. The molecule has 33 heavy (non-hydrogen) atoms. The van der Waals surface area contributed by atoms with E-state index in [2.05, 4.69) is 30.2 Å². The number of fused-ring (bicyclic) bond motifs is 2. The van der Waals surface area contributed by atoms with Gasteiger partial charge in [-0.15, -0.1) is 10.8 Å². The minimum atomic E-state index is -3.04. The summed E-state index contributed by atoms with van der Waals surface area (Å²) in [6.07, 6.45) is 3.14. The molecule has 0 atom stereocenters. The van der Waals surface area contributed by atoms with Gasteiger partial charge in [0, 0.05) is 30.8 Å². The number of hydrogen-bond acceptors (Lipinski definition) is 9. The number of benzene rings is 2. The van der Waals surface area contributed by atoms with E-state index in [1.807, 2.05) is 18.2 Å². The van der Waals surface area contributed by atoms with E-state index in [1.165, 1.54) is 0 Å². The number of H-pyrrole nitrogens is 1. The quantitative estimate of drug-likeness (QED) is 0.237. The first-order valence-corrected chi connectivity index (χ1v) is 11.8. The molecule has 0 radical (unpaired) electrons. The molecule has 3 heterocycles. The predicted molar refractivity (Wildman–Crippen MR) is 124 cm³/mol. The third-order valence-electron chi connectivity index (χ3n) is 5.37. The van der Waals surface area contributed by atoms with E-state index >= 15 is 0 Å². The van der Waals surface area contributed by atoms with Gasteiger partial charge in [-0.25, -0.2) is 14.1 Å². The second kappa shape index (κ2) is 8.57. The maximum atomic E-state index is 14.9. The Morgan fingerprint density at radius 1 is 1.18 bits per heavy atom. The second-order valence-electron chi connectivity index (χ2n) is 7.52. The minimum absolute atomic E-state index is 0.0433. The third-order valence-corrected chi connectivity index (χ3v) is 6.91. The van der Waals surface area contributed by atoms with Gasteiger partial charge in [0.25, 0.3) is 0 Å². The number of aromatic nitrogens is 4. The number of aromatic amines is 1. The minimum Gasteiger partial charge on any atom is -0.396 e. The van der Waals surface area contributed by atoms with Gasteiger partial charge in [-0.3, -0.25) is 14.2 Å². The zero-order valence-electron chi connectivity index (χ0n) is 17.4. The molecule has 2 aromatic heterocycles. The van der Waals surface area contributed by atoms with E-state index in [0.29, 0.717) is 35.8 Å². The topological polar surface area (TPSA) is 142 Å². The van der Waals surface area contributed by atoms with Crippen LogP contribution in [0.3, 0.4) is 0 Å². The number of rotatable bonds is 7. The fourth-order valence-electron chi connectivity index (χ4n) is 3.79. The lowest BCUT2D eigenvalue weighted by Gasteiger charge is -2.27. The highest BCUT2D eigenvalue weighted by Gasteiger charge is 2.26. The SMILES string of the molecule is OCCCN(c1nc(Nc2ccc3c(c2)S(O)(O)NC3)ncc1F)c1cccc2[nH]ncc12. The van der Waals surface area contributed by atoms with Crippen LogP contribution in [0.1, 0.15) is 12.0 Å². The average Bonchev–Trinajstić information content (AvgIpc) is 3.41. The average molecular weight is 472 g/mol. The molecule has 0 bridgehead atoms. The van der Waals surface area contributed by atoms with Crippen LogP contribution >= 0.6 is 10.8 Å². The predicted octanol–water partition coefficient (Wildman–Crippen LogP) is 3.88. The van der Waals surface area contributed by atoms with Crippen molar-refractivity contribution in [3.8, 4) is 0 Å². The van der Waals surface area contributed by atoms with Crippen LogP contribution in [0.2, 0.25) is 0 Å². The highest BCUT2D eigenvalue weighted by atomic mass is 32.3. The molecule has 0 aliphatic carbocycles. The summed E-state index contributed by atoms with van der Waals surface area (Å²) in [7, 11) is -3.04. The van der Waals surface area contributed by atoms with Crippen LogP contribution in [-0.2, 0) is 6.54 Å². The third kappa shape index (κ3) is 4.10. The monoisotopic (exact) mass is 471 g/mol. The molecule has 0 unspecified atom stereocenters. The van der Waals surface area contributed by atoms with E-state index in [9.17, 15) is 18.6 Å². The lowest BCUT2D eigenvalue weighted by Crippen LogP contribution is -2.22. The molecule has 0 saturated carbocycles. The molecular weight excluding hydrogens is 449 g/mol. The summed E-state index contributed by atoms with van der Waals surface area (Å²) in [5, 5.41) is 20.2. The number of anilines is 4. The number of halogens is 1. The molecule has 10 nitrogen and oxygen atoms in total. The zero-order chi connectivity index (χ0) is 23.0. The Morgan fingerprint density at radius 3 is 2.91 bits per heavy atom. The van der Waals surface area contributed by atoms with Crippen molar-refractivity contribution in [2.24, 2.45) is 0 Å². The van der Waals surface area contributed by atoms with Gasteiger partial charge in [0.2, 0.25) is 5.95 Å². The molecule has 0 saturated heterocycles. The van der Waals surface area contributed by atoms with Crippen molar-refractivity contribution in [1.29, 1.82) is 0 Å². The van der Waals surface area contributed by atoms with Crippen molar-refractivity contribution < 1.29 is 18.6 Å². The van der Waals surface area contributed by atoms with Crippen molar-refractivity contribution in [3.05, 3.63) is 60.2 Å². The van der Waals surface area contributed by atoms with Gasteiger partial charge in [-0.05, 0) is 36.2 Å². The Labute approximate surface area is 190 Å². The maximum Gasteiger partial charge on any atom is 0.229 e. The Hall–Kier alpha value is -3.29. The van der Waals surface area contributed by atoms with Crippen molar-refractivity contribution in [3.63, 3.8) is 0 Å². The first-order valence-electron chi connectivity index (χ1n) is 10.2. The summed E-state index contributed by atoms with van der Waals surface area (Å²) >= 11 is 0. The van der Waals surface area contributed by atoms with E-state index in [1.54, 1.807) is 29.3 Å². The van der Waals surface area contributed by atoms with E-state index in [4.69, 9.17) is 0 Å². The number of nitrogens with one attached hydrogen (secondary N) is 3. The lowest BCUT2D eigenvalue weighted by atomic mass is 10.2. The van der Waals surface area contributed by atoms with Gasteiger partial charge < -0.3 is 15.3 Å². The van der Waals surface area contributed by atoms with Crippen LogP contribution in [0.4, 0.5) is 27.5 Å². The van der Waals surface area contributed by atoms with E-state index in [-0.39, 0.29) is 18.4 Å². The molecule has 1 aliphatic heterocycles. The fraction of sp³-hybridized carbons (Fsp3) is 0.190.